The molecule has 1 aliphatic heterocycles. The lowest BCUT2D eigenvalue weighted by Crippen LogP contribution is -2.42. The van der Waals surface area contributed by atoms with E-state index in [0.29, 0.717) is 13.1 Å². The van der Waals surface area contributed by atoms with Crippen LogP contribution >= 0.6 is 0 Å². The summed E-state index contributed by atoms with van der Waals surface area (Å²) in [6.07, 6.45) is 2.73. The van der Waals surface area contributed by atoms with E-state index in [1.165, 1.54) is 5.56 Å². The first-order valence-corrected chi connectivity index (χ1v) is 9.54. The van der Waals surface area contributed by atoms with E-state index in [4.69, 9.17) is 4.74 Å². The predicted molar refractivity (Wildman–Crippen MR) is 109 cm³/mol. The van der Waals surface area contributed by atoms with Crippen molar-refractivity contribution in [3.8, 4) is 11.4 Å². The molecular weight excluding hydrogens is 352 g/mol. The SMILES string of the molecule is CCNC(=NCc1nncn1-c1ccccc1)NCC1Cc2ccccc2O1. The van der Waals surface area contributed by atoms with Crippen LogP contribution in [0.1, 0.15) is 18.3 Å². The van der Waals surface area contributed by atoms with Gasteiger partial charge in [0.15, 0.2) is 11.8 Å². The van der Waals surface area contributed by atoms with Crippen LogP contribution in [0.15, 0.2) is 65.9 Å². The summed E-state index contributed by atoms with van der Waals surface area (Å²) >= 11 is 0. The molecule has 4 rings (SSSR count). The zero-order valence-electron chi connectivity index (χ0n) is 15.9. The largest absolute Gasteiger partial charge is 0.488 e. The zero-order valence-corrected chi connectivity index (χ0v) is 15.9. The molecule has 144 valence electrons. The summed E-state index contributed by atoms with van der Waals surface area (Å²) in [6, 6.07) is 18.2. The lowest BCUT2D eigenvalue weighted by molar-refractivity contribution is 0.235. The van der Waals surface area contributed by atoms with Crippen LogP contribution in [0.25, 0.3) is 5.69 Å². The number of guanidine groups is 1. The second kappa shape index (κ2) is 8.56. The third-order valence-electron chi connectivity index (χ3n) is 4.59. The summed E-state index contributed by atoms with van der Waals surface area (Å²) < 4.78 is 7.94. The van der Waals surface area contributed by atoms with Gasteiger partial charge in [-0.05, 0) is 30.7 Å². The molecule has 0 saturated carbocycles. The molecule has 2 aromatic carbocycles. The number of nitrogens with zero attached hydrogens (tertiary/aromatic N) is 4. The Kier molecular flexibility index (Phi) is 5.51. The molecule has 0 aliphatic carbocycles. The second-order valence-electron chi connectivity index (χ2n) is 6.58. The first-order valence-electron chi connectivity index (χ1n) is 9.54. The van der Waals surface area contributed by atoms with Crippen molar-refractivity contribution in [3.63, 3.8) is 0 Å². The van der Waals surface area contributed by atoms with Crippen LogP contribution in [0, 0.1) is 0 Å². The Bertz CT molecular complexity index is 912. The van der Waals surface area contributed by atoms with Crippen molar-refractivity contribution in [2.45, 2.75) is 26.0 Å². The monoisotopic (exact) mass is 376 g/mol. The standard InChI is InChI=1S/C21H24N6O/c1-2-22-21(23-13-18-12-16-8-6-7-11-19(16)28-18)24-14-20-26-25-15-27(20)17-9-4-3-5-10-17/h3-11,15,18H,2,12-14H2,1H3,(H2,22,23,24). The number of rotatable bonds is 6. The highest BCUT2D eigenvalue weighted by atomic mass is 16.5. The van der Waals surface area contributed by atoms with Crippen LogP contribution in [0.2, 0.25) is 0 Å². The molecule has 1 aliphatic rings. The van der Waals surface area contributed by atoms with Gasteiger partial charge in [0, 0.05) is 18.7 Å². The molecule has 7 nitrogen and oxygen atoms in total. The highest BCUT2D eigenvalue weighted by Crippen LogP contribution is 2.27. The summed E-state index contributed by atoms with van der Waals surface area (Å²) in [6.45, 7) is 3.94. The van der Waals surface area contributed by atoms with Crippen molar-refractivity contribution in [2.75, 3.05) is 13.1 Å². The Morgan fingerprint density at radius 1 is 1.14 bits per heavy atom. The summed E-state index contributed by atoms with van der Waals surface area (Å²) in [5, 5.41) is 14.9. The van der Waals surface area contributed by atoms with E-state index in [1.54, 1.807) is 6.33 Å². The summed E-state index contributed by atoms with van der Waals surface area (Å²) in [5.74, 6) is 2.50. The van der Waals surface area contributed by atoms with Crippen LogP contribution in [0.3, 0.4) is 0 Å². The third kappa shape index (κ3) is 4.14. The first kappa shape index (κ1) is 18.0. The average molecular weight is 376 g/mol. The molecule has 0 fully saturated rings. The number of fused-ring (bicyclic) bond motifs is 1. The van der Waals surface area contributed by atoms with Crippen LogP contribution < -0.4 is 15.4 Å². The Hall–Kier alpha value is -3.35. The number of benzene rings is 2. The molecule has 0 radical (unpaired) electrons. The van der Waals surface area contributed by atoms with Gasteiger partial charge in [-0.3, -0.25) is 4.57 Å². The van der Waals surface area contributed by atoms with Gasteiger partial charge in [0.25, 0.3) is 0 Å². The van der Waals surface area contributed by atoms with E-state index in [0.717, 1.165) is 36.2 Å². The van der Waals surface area contributed by atoms with E-state index in [1.807, 2.05) is 60.0 Å². The topological polar surface area (TPSA) is 76.4 Å². The number of nitrogens with one attached hydrogen (secondary N) is 2. The molecule has 2 heterocycles. The third-order valence-corrected chi connectivity index (χ3v) is 4.59. The minimum absolute atomic E-state index is 0.106. The minimum atomic E-state index is 0.106. The van der Waals surface area contributed by atoms with Gasteiger partial charge in [0.1, 0.15) is 24.7 Å². The quantitative estimate of drug-likeness (QED) is 0.510. The van der Waals surface area contributed by atoms with Crippen LogP contribution in [0.5, 0.6) is 5.75 Å². The smallest absolute Gasteiger partial charge is 0.191 e. The molecular formula is C21H24N6O. The number of para-hydroxylation sites is 2. The fourth-order valence-corrected chi connectivity index (χ4v) is 3.24. The van der Waals surface area contributed by atoms with Gasteiger partial charge in [-0.2, -0.15) is 0 Å². The molecule has 0 bridgehead atoms. The Morgan fingerprint density at radius 3 is 2.79 bits per heavy atom. The van der Waals surface area contributed by atoms with Gasteiger partial charge in [-0.25, -0.2) is 4.99 Å². The summed E-state index contributed by atoms with van der Waals surface area (Å²) in [5.41, 5.74) is 2.28. The number of hydrogen-bond acceptors (Lipinski definition) is 4. The fourth-order valence-electron chi connectivity index (χ4n) is 3.24. The van der Waals surface area contributed by atoms with Crippen LogP contribution in [-0.2, 0) is 13.0 Å². The molecule has 1 atom stereocenters. The van der Waals surface area contributed by atoms with Crippen molar-refractivity contribution >= 4 is 5.96 Å². The van der Waals surface area contributed by atoms with E-state index in [2.05, 4.69) is 31.9 Å². The summed E-state index contributed by atoms with van der Waals surface area (Å²) in [7, 11) is 0. The molecule has 28 heavy (non-hydrogen) atoms. The van der Waals surface area contributed by atoms with Crippen molar-refractivity contribution in [2.24, 2.45) is 4.99 Å². The maximum Gasteiger partial charge on any atom is 0.191 e. The van der Waals surface area contributed by atoms with Gasteiger partial charge in [-0.15, -0.1) is 10.2 Å². The maximum atomic E-state index is 5.99. The number of hydrogen-bond donors (Lipinski definition) is 2. The lowest BCUT2D eigenvalue weighted by Gasteiger charge is -2.15. The number of ether oxygens (including phenoxy) is 1. The second-order valence-corrected chi connectivity index (χ2v) is 6.58. The van der Waals surface area contributed by atoms with Gasteiger partial charge in [0.05, 0.1) is 6.54 Å². The van der Waals surface area contributed by atoms with Gasteiger partial charge in [-0.1, -0.05) is 36.4 Å². The van der Waals surface area contributed by atoms with Crippen molar-refractivity contribution in [1.82, 2.24) is 25.4 Å². The minimum Gasteiger partial charge on any atom is -0.488 e. The molecule has 0 amide bonds. The predicted octanol–water partition coefficient (Wildman–Crippen LogP) is 2.33. The van der Waals surface area contributed by atoms with Crippen LogP contribution in [-0.4, -0.2) is 39.9 Å². The Labute approximate surface area is 164 Å². The lowest BCUT2D eigenvalue weighted by atomic mass is 10.1. The Morgan fingerprint density at radius 2 is 1.96 bits per heavy atom. The fraction of sp³-hybridized carbons (Fsp3) is 0.286. The van der Waals surface area contributed by atoms with Gasteiger partial charge in [0.2, 0.25) is 0 Å². The molecule has 1 aromatic heterocycles. The zero-order chi connectivity index (χ0) is 19.2. The normalized spacial score (nSPS) is 15.8. The molecule has 0 saturated heterocycles. The van der Waals surface area contributed by atoms with Crippen LogP contribution in [0.4, 0.5) is 0 Å². The Balaban J connectivity index is 1.39. The highest BCUT2D eigenvalue weighted by molar-refractivity contribution is 5.79. The van der Waals surface area contributed by atoms with Gasteiger partial charge < -0.3 is 15.4 Å². The molecule has 2 N–H and O–H groups in total. The summed E-state index contributed by atoms with van der Waals surface area (Å²) in [4.78, 5) is 4.67. The molecule has 3 aromatic rings. The molecule has 7 heteroatoms. The van der Waals surface area contributed by atoms with E-state index < -0.39 is 0 Å². The van der Waals surface area contributed by atoms with Crippen molar-refractivity contribution in [3.05, 3.63) is 72.3 Å². The van der Waals surface area contributed by atoms with Gasteiger partial charge >= 0.3 is 0 Å². The van der Waals surface area contributed by atoms with E-state index in [-0.39, 0.29) is 6.10 Å². The number of aromatic nitrogens is 3. The average Bonchev–Trinajstić information content (AvgIpc) is 3.37. The van der Waals surface area contributed by atoms with E-state index >= 15 is 0 Å². The molecule has 0 spiro atoms. The number of aliphatic imine (C=N–C) groups is 1. The first-order chi connectivity index (χ1) is 13.8. The van der Waals surface area contributed by atoms with E-state index in [9.17, 15) is 0 Å². The molecule has 1 unspecified atom stereocenters. The van der Waals surface area contributed by atoms with Crippen molar-refractivity contribution < 1.29 is 4.74 Å². The maximum absolute atomic E-state index is 5.99. The van der Waals surface area contributed by atoms with Crippen molar-refractivity contribution in [1.29, 1.82) is 0 Å². The highest BCUT2D eigenvalue weighted by Gasteiger charge is 2.22.